The third-order valence-corrected chi connectivity index (χ3v) is 6.12. The van der Waals surface area contributed by atoms with Crippen LogP contribution in [0.4, 0.5) is 0 Å². The quantitative estimate of drug-likeness (QED) is 0.723. The first kappa shape index (κ1) is 15.7. The topological polar surface area (TPSA) is 94.9 Å². The third-order valence-electron chi connectivity index (χ3n) is 4.37. The monoisotopic (exact) mass is 305 g/mol. The first-order chi connectivity index (χ1) is 9.39. The zero-order valence-corrected chi connectivity index (χ0v) is 12.4. The van der Waals surface area contributed by atoms with Crippen LogP contribution in [0, 0.1) is 0 Å². The molecule has 1 saturated carbocycles. The molecule has 1 saturated heterocycles. The number of hydrogen-bond donors (Lipinski definition) is 2. The lowest BCUT2D eigenvalue weighted by atomic mass is 10.0. The van der Waals surface area contributed by atoms with Gasteiger partial charge in [0.2, 0.25) is 0 Å². The summed E-state index contributed by atoms with van der Waals surface area (Å²) in [7, 11) is -3.06. The Labute approximate surface area is 119 Å². The average molecular weight is 305 g/mol. The van der Waals surface area contributed by atoms with E-state index >= 15 is 0 Å². The molecule has 2 N–H and O–H groups in total. The van der Waals surface area contributed by atoms with Gasteiger partial charge in [-0.2, -0.15) is 0 Å². The molecular formula is C13H23NO5S. The van der Waals surface area contributed by atoms with Crippen LogP contribution in [0.15, 0.2) is 0 Å². The molecular weight excluding hydrogens is 282 g/mol. The van der Waals surface area contributed by atoms with Crippen molar-refractivity contribution in [2.24, 2.45) is 0 Å². The van der Waals surface area contributed by atoms with Crippen LogP contribution < -0.4 is 0 Å². The molecule has 0 amide bonds. The van der Waals surface area contributed by atoms with Crippen molar-refractivity contribution in [3.05, 3.63) is 0 Å². The van der Waals surface area contributed by atoms with E-state index in [2.05, 4.69) is 0 Å². The Morgan fingerprint density at radius 1 is 1.15 bits per heavy atom. The van der Waals surface area contributed by atoms with Crippen LogP contribution in [-0.4, -0.2) is 65.7 Å². The molecule has 0 spiro atoms. The highest BCUT2D eigenvalue weighted by Gasteiger charge is 2.38. The van der Waals surface area contributed by atoms with E-state index in [9.17, 15) is 18.3 Å². The number of carbonyl (C=O) groups is 1. The van der Waals surface area contributed by atoms with Crippen molar-refractivity contribution in [3.8, 4) is 0 Å². The van der Waals surface area contributed by atoms with Crippen LogP contribution in [-0.2, 0) is 14.6 Å². The Kier molecular flexibility index (Phi) is 5.04. The number of hydrogen-bond acceptors (Lipinski definition) is 5. The van der Waals surface area contributed by atoms with E-state index in [4.69, 9.17) is 5.11 Å². The molecule has 7 heteroatoms. The summed E-state index contributed by atoms with van der Waals surface area (Å²) in [5.41, 5.74) is 0. The normalized spacial score (nSPS) is 34.0. The van der Waals surface area contributed by atoms with Crippen molar-refractivity contribution >= 4 is 15.8 Å². The van der Waals surface area contributed by atoms with Crippen molar-refractivity contribution in [1.82, 2.24) is 4.90 Å². The number of rotatable bonds is 4. The van der Waals surface area contributed by atoms with Gasteiger partial charge >= 0.3 is 5.97 Å². The molecule has 0 aromatic heterocycles. The lowest BCUT2D eigenvalue weighted by Gasteiger charge is -2.36. The van der Waals surface area contributed by atoms with Gasteiger partial charge in [0.25, 0.3) is 0 Å². The minimum Gasteiger partial charge on any atom is -0.480 e. The fraction of sp³-hybridized carbons (Fsp3) is 0.923. The molecule has 3 atom stereocenters. The number of aliphatic carboxylic acids is 1. The van der Waals surface area contributed by atoms with E-state index in [1.165, 1.54) is 0 Å². The predicted octanol–water partition coefficient (Wildman–Crippen LogP) is 0.254. The molecule has 0 bridgehead atoms. The zero-order valence-electron chi connectivity index (χ0n) is 11.6. The van der Waals surface area contributed by atoms with Crippen LogP contribution in [0.25, 0.3) is 0 Å². The molecule has 2 rings (SSSR count). The number of nitrogens with zero attached hydrogens (tertiary/aromatic N) is 1. The van der Waals surface area contributed by atoms with Gasteiger partial charge in [-0.3, -0.25) is 9.69 Å². The van der Waals surface area contributed by atoms with Gasteiger partial charge in [0.05, 0.1) is 24.2 Å². The highest BCUT2D eigenvalue weighted by atomic mass is 32.2. The zero-order chi connectivity index (χ0) is 14.8. The second-order valence-electron chi connectivity index (χ2n) is 5.90. The average Bonchev–Trinajstić information content (AvgIpc) is 2.57. The fourth-order valence-electron chi connectivity index (χ4n) is 3.37. The SMILES string of the molecule is O=C(O)CN(C1CCS(=O)(=O)C1)C1CCCCCC1O. The predicted molar refractivity (Wildman–Crippen MR) is 74.3 cm³/mol. The van der Waals surface area contributed by atoms with Gasteiger partial charge in [-0.25, -0.2) is 8.42 Å². The van der Waals surface area contributed by atoms with E-state index in [0.29, 0.717) is 12.8 Å². The lowest BCUT2D eigenvalue weighted by Crippen LogP contribution is -2.51. The first-order valence-corrected chi connectivity index (χ1v) is 9.07. The maximum absolute atomic E-state index is 11.6. The largest absolute Gasteiger partial charge is 0.480 e. The van der Waals surface area contributed by atoms with E-state index in [-0.39, 0.29) is 30.1 Å². The molecule has 1 heterocycles. The summed E-state index contributed by atoms with van der Waals surface area (Å²) in [5, 5.41) is 19.3. The Morgan fingerprint density at radius 2 is 1.85 bits per heavy atom. The first-order valence-electron chi connectivity index (χ1n) is 7.25. The second-order valence-corrected chi connectivity index (χ2v) is 8.12. The highest BCUT2D eigenvalue weighted by Crippen LogP contribution is 2.27. The van der Waals surface area contributed by atoms with E-state index in [1.807, 2.05) is 0 Å². The van der Waals surface area contributed by atoms with Gasteiger partial charge in [-0.15, -0.1) is 0 Å². The maximum atomic E-state index is 11.6. The smallest absolute Gasteiger partial charge is 0.317 e. The Morgan fingerprint density at radius 3 is 2.45 bits per heavy atom. The van der Waals surface area contributed by atoms with Gasteiger partial charge in [-0.1, -0.05) is 19.3 Å². The van der Waals surface area contributed by atoms with E-state index in [1.54, 1.807) is 4.90 Å². The molecule has 1 aliphatic heterocycles. The number of aliphatic hydroxyl groups is 1. The Balaban J connectivity index is 2.15. The standard InChI is InChI=1S/C13H23NO5S/c15-12-5-3-1-2-4-11(12)14(8-13(16)17)10-6-7-20(18,19)9-10/h10-12,15H,1-9H2,(H,16,17). The summed E-state index contributed by atoms with van der Waals surface area (Å²) in [6.45, 7) is -0.193. The van der Waals surface area contributed by atoms with Gasteiger partial charge in [0.1, 0.15) is 0 Å². The maximum Gasteiger partial charge on any atom is 0.317 e. The molecule has 20 heavy (non-hydrogen) atoms. The number of aliphatic hydroxyl groups excluding tert-OH is 1. The molecule has 0 aromatic carbocycles. The molecule has 0 aromatic rings. The summed E-state index contributed by atoms with van der Waals surface area (Å²) in [4.78, 5) is 12.8. The van der Waals surface area contributed by atoms with Crippen molar-refractivity contribution in [2.75, 3.05) is 18.1 Å². The van der Waals surface area contributed by atoms with Gasteiger partial charge in [0, 0.05) is 12.1 Å². The molecule has 1 aliphatic carbocycles. The Hall–Kier alpha value is -0.660. The molecule has 116 valence electrons. The molecule has 3 unspecified atom stereocenters. The Bertz CT molecular complexity index is 450. The summed E-state index contributed by atoms with van der Waals surface area (Å²) >= 11 is 0. The van der Waals surface area contributed by atoms with Crippen molar-refractivity contribution in [2.45, 2.75) is 56.7 Å². The minimum atomic E-state index is -3.06. The minimum absolute atomic E-state index is 0.0174. The van der Waals surface area contributed by atoms with Crippen LogP contribution in [0.1, 0.15) is 38.5 Å². The summed E-state index contributed by atoms with van der Waals surface area (Å²) in [5.74, 6) is -0.828. The third kappa shape index (κ3) is 3.93. The van der Waals surface area contributed by atoms with E-state index in [0.717, 1.165) is 25.7 Å². The summed E-state index contributed by atoms with van der Waals surface area (Å²) < 4.78 is 23.3. The molecule has 2 aliphatic rings. The highest BCUT2D eigenvalue weighted by molar-refractivity contribution is 7.91. The van der Waals surface area contributed by atoms with Crippen molar-refractivity contribution in [3.63, 3.8) is 0 Å². The lowest BCUT2D eigenvalue weighted by molar-refractivity contribution is -0.140. The van der Waals surface area contributed by atoms with Crippen LogP contribution in [0.2, 0.25) is 0 Å². The molecule has 0 radical (unpaired) electrons. The van der Waals surface area contributed by atoms with E-state index < -0.39 is 21.9 Å². The molecule has 6 nitrogen and oxygen atoms in total. The number of carboxylic acid groups (broad SMARTS) is 1. The summed E-state index contributed by atoms with van der Waals surface area (Å²) in [6, 6.07) is -0.499. The second kappa shape index (κ2) is 6.41. The van der Waals surface area contributed by atoms with Gasteiger partial charge in [0.15, 0.2) is 9.84 Å². The van der Waals surface area contributed by atoms with Gasteiger partial charge < -0.3 is 10.2 Å². The molecule has 2 fully saturated rings. The number of carboxylic acids is 1. The van der Waals surface area contributed by atoms with Gasteiger partial charge in [-0.05, 0) is 19.3 Å². The van der Waals surface area contributed by atoms with Crippen molar-refractivity contribution < 1.29 is 23.4 Å². The summed E-state index contributed by atoms with van der Waals surface area (Å²) in [6.07, 6.45) is 4.26. The van der Waals surface area contributed by atoms with Crippen LogP contribution in [0.3, 0.4) is 0 Å². The number of sulfone groups is 1. The fourth-order valence-corrected chi connectivity index (χ4v) is 5.11. The van der Waals surface area contributed by atoms with Crippen LogP contribution in [0.5, 0.6) is 0 Å². The van der Waals surface area contributed by atoms with Crippen molar-refractivity contribution in [1.29, 1.82) is 0 Å². The van der Waals surface area contributed by atoms with Crippen LogP contribution >= 0.6 is 0 Å².